The second-order valence-electron chi connectivity index (χ2n) is 9.13. The van der Waals surface area contributed by atoms with Gasteiger partial charge >= 0.3 is 0 Å². The Hall–Kier alpha value is -2.79. The van der Waals surface area contributed by atoms with Gasteiger partial charge in [-0.25, -0.2) is 4.90 Å². The Morgan fingerprint density at radius 1 is 0.933 bits per heavy atom. The van der Waals surface area contributed by atoms with Gasteiger partial charge in [-0.05, 0) is 32.4 Å². The minimum Gasteiger partial charge on any atom is -0.322 e. The van der Waals surface area contributed by atoms with E-state index in [2.05, 4.69) is 0 Å². The maximum Gasteiger partial charge on any atom is 0.244 e. The molecule has 2 aromatic rings. The molecule has 0 bridgehead atoms. The number of rotatable bonds is 3. The molecule has 3 saturated heterocycles. The molecule has 154 valence electrons. The highest BCUT2D eigenvalue weighted by atomic mass is 16.2. The predicted molar refractivity (Wildman–Crippen MR) is 114 cm³/mol. The van der Waals surface area contributed by atoms with Gasteiger partial charge in [-0.15, -0.1) is 0 Å². The van der Waals surface area contributed by atoms with Crippen molar-refractivity contribution in [1.82, 2.24) is 0 Å². The Morgan fingerprint density at radius 2 is 1.60 bits per heavy atom. The van der Waals surface area contributed by atoms with Crippen LogP contribution in [0, 0.1) is 32.6 Å². The molecule has 1 N–H and O–H groups in total. The third-order valence-corrected chi connectivity index (χ3v) is 7.26. The van der Waals surface area contributed by atoms with Crippen LogP contribution in [-0.4, -0.2) is 36.2 Å². The molecule has 0 radical (unpaired) electrons. The van der Waals surface area contributed by atoms with Crippen LogP contribution in [0.15, 0.2) is 42.5 Å². The molecule has 3 fully saturated rings. The van der Waals surface area contributed by atoms with Crippen LogP contribution in [0.2, 0.25) is 0 Å². The highest BCUT2D eigenvalue weighted by molar-refractivity contribution is 6.24. The zero-order valence-electron chi connectivity index (χ0n) is 17.6. The third-order valence-electron chi connectivity index (χ3n) is 7.26. The summed E-state index contributed by atoms with van der Waals surface area (Å²) in [5.41, 5.74) is 4.39. The molecule has 0 saturated carbocycles. The molecule has 0 aromatic heterocycles. The first-order valence-electron chi connectivity index (χ1n) is 10.8. The normalized spacial score (nSPS) is 30.0. The molecular formula is C25H27N2O3+. The molecule has 2 aromatic carbocycles. The second kappa shape index (κ2) is 6.88. The fourth-order valence-electron chi connectivity index (χ4n) is 5.93. The highest BCUT2D eigenvalue weighted by Crippen LogP contribution is 2.41. The first-order chi connectivity index (χ1) is 14.4. The average Bonchev–Trinajstić information content (AvgIpc) is 3.35. The van der Waals surface area contributed by atoms with Crippen LogP contribution in [0.25, 0.3) is 0 Å². The van der Waals surface area contributed by atoms with E-state index < -0.39 is 17.9 Å². The Kier molecular flexibility index (Phi) is 4.40. The molecule has 30 heavy (non-hydrogen) atoms. The summed E-state index contributed by atoms with van der Waals surface area (Å²) in [6, 6.07) is 12.9. The zero-order chi connectivity index (χ0) is 21.2. The van der Waals surface area contributed by atoms with Gasteiger partial charge in [-0.3, -0.25) is 14.4 Å². The summed E-state index contributed by atoms with van der Waals surface area (Å²) in [5.74, 6) is -1.29. The smallest absolute Gasteiger partial charge is 0.244 e. The number of Topliss-reactive ketones (excluding diaryl/α,β-unsaturated/α-hetero) is 1. The van der Waals surface area contributed by atoms with Gasteiger partial charge in [0.2, 0.25) is 17.6 Å². The third kappa shape index (κ3) is 2.68. The van der Waals surface area contributed by atoms with Crippen molar-refractivity contribution in [2.24, 2.45) is 11.8 Å². The monoisotopic (exact) mass is 403 g/mol. The van der Waals surface area contributed by atoms with Gasteiger partial charge < -0.3 is 4.90 Å². The van der Waals surface area contributed by atoms with E-state index in [9.17, 15) is 14.4 Å². The number of nitrogens with one attached hydrogen (secondary N) is 1. The molecule has 1 unspecified atom stereocenters. The van der Waals surface area contributed by atoms with E-state index in [1.54, 1.807) is 0 Å². The Bertz CT molecular complexity index is 1060. The molecule has 5 heteroatoms. The van der Waals surface area contributed by atoms with Crippen molar-refractivity contribution in [2.45, 2.75) is 45.7 Å². The summed E-state index contributed by atoms with van der Waals surface area (Å²) >= 11 is 0. The molecule has 0 aliphatic carbocycles. The summed E-state index contributed by atoms with van der Waals surface area (Å²) in [5, 5.41) is 0. The fraction of sp³-hybridized carbons (Fsp3) is 0.400. The maximum atomic E-state index is 13.6. The minimum absolute atomic E-state index is 0.00646. The molecule has 3 heterocycles. The first kappa shape index (κ1) is 19.2. The van der Waals surface area contributed by atoms with Crippen LogP contribution in [0.3, 0.4) is 0 Å². The van der Waals surface area contributed by atoms with E-state index in [-0.39, 0.29) is 23.6 Å². The van der Waals surface area contributed by atoms with Crippen LogP contribution >= 0.6 is 0 Å². The van der Waals surface area contributed by atoms with Gasteiger partial charge in [0, 0.05) is 18.4 Å². The Labute approximate surface area is 176 Å². The number of imide groups is 1. The molecule has 5 nitrogen and oxygen atoms in total. The molecule has 3 aliphatic heterocycles. The van der Waals surface area contributed by atoms with Crippen LogP contribution in [0.4, 0.5) is 5.69 Å². The number of anilines is 1. The largest absolute Gasteiger partial charge is 0.322 e. The quantitative estimate of drug-likeness (QED) is 0.630. The number of amides is 2. The van der Waals surface area contributed by atoms with E-state index in [1.165, 1.54) is 4.90 Å². The van der Waals surface area contributed by atoms with E-state index in [0.29, 0.717) is 11.3 Å². The van der Waals surface area contributed by atoms with Crippen molar-refractivity contribution < 1.29 is 19.3 Å². The van der Waals surface area contributed by atoms with Crippen molar-refractivity contribution in [3.05, 3.63) is 64.7 Å². The SMILES string of the molecule is Cc1ccc(C(=O)[C@@H]2[C@H]3C(=O)N(c4ccc(C)cc4C)C(=O)[C@@H]3[C@H]3CCC[NH+]32)cc1. The highest BCUT2D eigenvalue weighted by Gasteiger charge is 2.68. The lowest BCUT2D eigenvalue weighted by Crippen LogP contribution is -3.16. The standard InChI is InChI=1S/C25H26N2O3/c1-14-6-9-17(10-7-14)23(28)22-21-20(19-5-4-12-26(19)22)24(29)27(25(21)30)18-11-8-15(2)13-16(18)3/h6-11,13,19-22H,4-5,12H2,1-3H3/p+1/t19-,20-,21+,22+/m1/s1. The molecule has 5 atom stereocenters. The van der Waals surface area contributed by atoms with Gasteiger partial charge in [-0.2, -0.15) is 0 Å². The van der Waals surface area contributed by atoms with Crippen LogP contribution < -0.4 is 9.80 Å². The lowest BCUT2D eigenvalue weighted by atomic mass is 9.85. The van der Waals surface area contributed by atoms with Gasteiger partial charge in [0.15, 0.2) is 6.04 Å². The Balaban J connectivity index is 1.56. The van der Waals surface area contributed by atoms with E-state index in [4.69, 9.17) is 0 Å². The van der Waals surface area contributed by atoms with Gasteiger partial charge in [0.1, 0.15) is 17.9 Å². The van der Waals surface area contributed by atoms with Crippen molar-refractivity contribution in [1.29, 1.82) is 0 Å². The molecular weight excluding hydrogens is 376 g/mol. The van der Waals surface area contributed by atoms with Crippen molar-refractivity contribution in [3.63, 3.8) is 0 Å². The van der Waals surface area contributed by atoms with Crippen LogP contribution in [0.1, 0.15) is 39.9 Å². The van der Waals surface area contributed by atoms with Gasteiger partial charge in [0.25, 0.3) is 0 Å². The minimum atomic E-state index is -0.563. The van der Waals surface area contributed by atoms with Gasteiger partial charge in [-0.1, -0.05) is 47.5 Å². The fourth-order valence-corrected chi connectivity index (χ4v) is 5.93. The molecule has 0 spiro atoms. The predicted octanol–water partition coefficient (Wildman–Crippen LogP) is 2.03. The van der Waals surface area contributed by atoms with Crippen molar-refractivity contribution in [3.8, 4) is 0 Å². The number of carbonyl (C=O) groups excluding carboxylic acids is 3. The molecule has 5 rings (SSSR count). The number of aryl methyl sites for hydroxylation is 3. The topological polar surface area (TPSA) is 58.9 Å². The molecule has 3 aliphatic rings. The van der Waals surface area contributed by atoms with Crippen LogP contribution in [0.5, 0.6) is 0 Å². The summed E-state index contributed by atoms with van der Waals surface area (Å²) in [6.07, 6.45) is 1.89. The summed E-state index contributed by atoms with van der Waals surface area (Å²) < 4.78 is 0. The lowest BCUT2D eigenvalue weighted by Gasteiger charge is -2.26. The van der Waals surface area contributed by atoms with E-state index in [1.807, 2.05) is 63.2 Å². The number of hydrogen-bond acceptors (Lipinski definition) is 3. The van der Waals surface area contributed by atoms with Gasteiger partial charge in [0.05, 0.1) is 12.2 Å². The average molecular weight is 404 g/mol. The van der Waals surface area contributed by atoms with E-state index >= 15 is 0 Å². The number of fused-ring (bicyclic) bond motifs is 3. The molecule has 2 amide bonds. The summed E-state index contributed by atoms with van der Waals surface area (Å²) in [4.78, 5) is 43.2. The summed E-state index contributed by atoms with van der Waals surface area (Å²) in [7, 11) is 0. The Morgan fingerprint density at radius 3 is 2.30 bits per heavy atom. The number of benzene rings is 2. The van der Waals surface area contributed by atoms with Crippen molar-refractivity contribution in [2.75, 3.05) is 11.4 Å². The summed E-state index contributed by atoms with van der Waals surface area (Å²) in [6.45, 7) is 6.76. The lowest BCUT2D eigenvalue weighted by molar-refractivity contribution is -0.915. The number of hydrogen-bond donors (Lipinski definition) is 1. The number of ketones is 1. The maximum absolute atomic E-state index is 13.6. The number of quaternary nitrogens is 1. The van der Waals surface area contributed by atoms with Crippen LogP contribution in [-0.2, 0) is 9.59 Å². The first-order valence-corrected chi connectivity index (χ1v) is 10.8. The number of nitrogens with zero attached hydrogens (tertiary/aromatic N) is 1. The van der Waals surface area contributed by atoms with E-state index in [0.717, 1.165) is 41.0 Å². The van der Waals surface area contributed by atoms with Crippen molar-refractivity contribution >= 4 is 23.3 Å². The zero-order valence-corrected chi connectivity index (χ0v) is 17.6. The number of carbonyl (C=O) groups is 3. The second-order valence-corrected chi connectivity index (χ2v) is 9.13.